The molecule has 0 bridgehead atoms. The number of rotatable bonds is 4. The van der Waals surface area contributed by atoms with Gasteiger partial charge in [0.15, 0.2) is 0 Å². The van der Waals surface area contributed by atoms with Crippen molar-refractivity contribution in [2.45, 2.75) is 32.6 Å². The fourth-order valence-electron chi connectivity index (χ4n) is 0.609. The van der Waals surface area contributed by atoms with E-state index in [1.54, 1.807) is 0 Å². The maximum atomic E-state index is 7.99. The lowest BCUT2D eigenvalue weighted by atomic mass is 10.2. The highest BCUT2D eigenvalue weighted by atomic mass is 14.8. The Morgan fingerprint density at radius 1 is 1.25 bits per heavy atom. The summed E-state index contributed by atoms with van der Waals surface area (Å²) in [5.74, 6) is 0. The number of diazo groups is 1. The smallest absolute Gasteiger partial charge is 0.0654 e. The summed E-state index contributed by atoms with van der Waals surface area (Å²) in [4.78, 5) is 3.01. The molecular weight excluding hydrogens is 100 g/mol. The van der Waals surface area contributed by atoms with Crippen LogP contribution in [0.3, 0.4) is 0 Å². The lowest BCUT2D eigenvalue weighted by Crippen LogP contribution is -1.76. The van der Waals surface area contributed by atoms with Crippen molar-refractivity contribution in [3.05, 3.63) is 4.98 Å². The second-order valence-corrected chi connectivity index (χ2v) is 1.93. The number of hydrogen-bond acceptors (Lipinski definition) is 1. The van der Waals surface area contributed by atoms with Gasteiger partial charge in [-0.15, -0.1) is 0 Å². The molecule has 46 valence electrons. The van der Waals surface area contributed by atoms with Gasteiger partial charge in [-0.25, -0.2) is 0 Å². The van der Waals surface area contributed by atoms with Crippen LogP contribution >= 0.6 is 0 Å². The largest absolute Gasteiger partial charge is 0.305 e. The minimum atomic E-state index is 0.611. The molecule has 0 aliphatic rings. The molecule has 0 heterocycles. The summed E-state index contributed by atoms with van der Waals surface area (Å²) in [7, 11) is 0. The van der Waals surface area contributed by atoms with Gasteiger partial charge in [0.05, 0.1) is 0 Å². The maximum absolute atomic E-state index is 7.99. The highest BCUT2D eigenvalue weighted by Crippen LogP contribution is 1.97. The Bertz CT molecular complexity index is 73.1. The normalized spacial score (nSPS) is 8.50. The molecular formula is C6H13N2+. The summed E-state index contributed by atoms with van der Waals surface area (Å²) in [5.41, 5.74) is 0. The van der Waals surface area contributed by atoms with Crippen LogP contribution in [-0.2, 0) is 0 Å². The van der Waals surface area contributed by atoms with E-state index in [-0.39, 0.29) is 0 Å². The first kappa shape index (κ1) is 7.42. The summed E-state index contributed by atoms with van der Waals surface area (Å²) in [6.07, 6.45) is 4.73. The summed E-state index contributed by atoms with van der Waals surface area (Å²) in [5, 5.41) is 7.99. The van der Waals surface area contributed by atoms with Gasteiger partial charge in [-0.05, 0) is 6.42 Å². The van der Waals surface area contributed by atoms with Gasteiger partial charge in [0, 0.05) is 6.42 Å². The molecule has 0 N–H and O–H groups in total. The number of hydrogen-bond donors (Lipinski definition) is 0. The van der Waals surface area contributed by atoms with Crippen LogP contribution in [0.4, 0.5) is 0 Å². The van der Waals surface area contributed by atoms with Gasteiger partial charge in [-0.3, -0.25) is 0 Å². The molecule has 2 heteroatoms. The fraction of sp³-hybridized carbons (Fsp3) is 1.00. The van der Waals surface area contributed by atoms with Gasteiger partial charge >= 0.3 is 6.54 Å². The van der Waals surface area contributed by atoms with Crippen molar-refractivity contribution >= 4 is 0 Å². The van der Waals surface area contributed by atoms with Gasteiger partial charge in [0.2, 0.25) is 5.39 Å². The molecule has 0 fully saturated rings. The zero-order valence-corrected chi connectivity index (χ0v) is 5.43. The topological polar surface area (TPSA) is 28.1 Å². The summed E-state index contributed by atoms with van der Waals surface area (Å²) in [6.45, 7) is 2.77. The molecule has 8 heavy (non-hydrogen) atoms. The molecule has 2 nitrogen and oxygen atoms in total. The molecule has 0 unspecified atom stereocenters. The van der Waals surface area contributed by atoms with Crippen LogP contribution in [-0.4, -0.2) is 6.54 Å². The van der Waals surface area contributed by atoms with Gasteiger partial charge in [0.1, 0.15) is 4.98 Å². The SMILES string of the molecule is CCCCCC[N+]#N. The van der Waals surface area contributed by atoms with E-state index in [4.69, 9.17) is 5.39 Å². The third kappa shape index (κ3) is 5.42. The monoisotopic (exact) mass is 113 g/mol. The average Bonchev–Trinajstić information content (AvgIpc) is 1.81. The van der Waals surface area contributed by atoms with E-state index in [0.717, 1.165) is 6.42 Å². The van der Waals surface area contributed by atoms with Crippen molar-refractivity contribution in [2.75, 3.05) is 6.54 Å². The molecule has 0 aliphatic heterocycles. The minimum absolute atomic E-state index is 0.611. The lowest BCUT2D eigenvalue weighted by molar-refractivity contribution is 0.691. The second-order valence-electron chi connectivity index (χ2n) is 1.93. The number of unbranched alkanes of at least 4 members (excludes halogenated alkanes) is 3. The minimum Gasteiger partial charge on any atom is -0.0654 e. The van der Waals surface area contributed by atoms with Crippen LogP contribution in [0.2, 0.25) is 0 Å². The molecule has 0 radical (unpaired) electrons. The molecule has 0 spiro atoms. The van der Waals surface area contributed by atoms with Crippen LogP contribution in [0.15, 0.2) is 0 Å². The highest BCUT2D eigenvalue weighted by Gasteiger charge is 1.91. The summed E-state index contributed by atoms with van der Waals surface area (Å²) < 4.78 is 0. The molecule has 0 amide bonds. The quantitative estimate of drug-likeness (QED) is 0.406. The van der Waals surface area contributed by atoms with Crippen molar-refractivity contribution < 1.29 is 0 Å². The van der Waals surface area contributed by atoms with Gasteiger partial charge in [-0.2, -0.15) is 0 Å². The molecule has 0 aromatic heterocycles. The second kappa shape index (κ2) is 6.42. The third-order valence-corrected chi connectivity index (χ3v) is 1.11. The standard InChI is InChI=1S/C6H13N2/c1-2-3-4-5-6-8-7/h2-6H2,1H3/q+1. The van der Waals surface area contributed by atoms with Crippen LogP contribution in [0.1, 0.15) is 32.6 Å². The predicted octanol–water partition coefficient (Wildman–Crippen LogP) is 2.42. The molecule has 0 aromatic rings. The lowest BCUT2D eigenvalue weighted by Gasteiger charge is -1.85. The van der Waals surface area contributed by atoms with E-state index in [1.165, 1.54) is 19.3 Å². The Morgan fingerprint density at radius 3 is 2.50 bits per heavy atom. The van der Waals surface area contributed by atoms with E-state index >= 15 is 0 Å². The van der Waals surface area contributed by atoms with Gasteiger partial charge in [0.25, 0.3) is 0 Å². The first-order valence-corrected chi connectivity index (χ1v) is 3.22. The van der Waals surface area contributed by atoms with Crippen molar-refractivity contribution in [3.63, 3.8) is 0 Å². The van der Waals surface area contributed by atoms with Crippen LogP contribution in [0.25, 0.3) is 4.98 Å². The Kier molecular flexibility index (Phi) is 5.95. The van der Waals surface area contributed by atoms with Gasteiger partial charge < -0.3 is 0 Å². The average molecular weight is 113 g/mol. The molecule has 0 rings (SSSR count). The van der Waals surface area contributed by atoms with Crippen molar-refractivity contribution in [1.82, 2.24) is 0 Å². The van der Waals surface area contributed by atoms with E-state index in [1.807, 2.05) is 0 Å². The Balaban J connectivity index is 2.65. The van der Waals surface area contributed by atoms with Crippen molar-refractivity contribution in [1.29, 1.82) is 5.39 Å². The van der Waals surface area contributed by atoms with Crippen LogP contribution in [0, 0.1) is 5.39 Å². The van der Waals surface area contributed by atoms with Crippen molar-refractivity contribution in [3.8, 4) is 0 Å². The third-order valence-electron chi connectivity index (χ3n) is 1.11. The van der Waals surface area contributed by atoms with E-state index in [2.05, 4.69) is 11.9 Å². The molecule has 0 aliphatic carbocycles. The van der Waals surface area contributed by atoms with Crippen molar-refractivity contribution in [2.24, 2.45) is 0 Å². The first-order valence-electron chi connectivity index (χ1n) is 3.22. The van der Waals surface area contributed by atoms with Crippen LogP contribution < -0.4 is 0 Å². The zero-order chi connectivity index (χ0) is 6.24. The van der Waals surface area contributed by atoms with E-state index in [0.29, 0.717) is 6.54 Å². The summed E-state index contributed by atoms with van der Waals surface area (Å²) in [6, 6.07) is 0. The Hall–Kier alpha value is -0.580. The Labute approximate surface area is 50.5 Å². The fourth-order valence-corrected chi connectivity index (χ4v) is 0.609. The molecule has 0 atom stereocenters. The molecule has 0 aromatic carbocycles. The molecule has 0 saturated heterocycles. The maximum Gasteiger partial charge on any atom is 0.305 e. The van der Waals surface area contributed by atoms with E-state index < -0.39 is 0 Å². The molecule has 0 saturated carbocycles. The van der Waals surface area contributed by atoms with Crippen LogP contribution in [0.5, 0.6) is 0 Å². The zero-order valence-electron chi connectivity index (χ0n) is 5.43. The first-order chi connectivity index (χ1) is 3.91. The number of nitrogens with zero attached hydrogens (tertiary/aromatic N) is 2. The van der Waals surface area contributed by atoms with Gasteiger partial charge in [-0.1, -0.05) is 19.8 Å². The highest BCUT2D eigenvalue weighted by molar-refractivity contribution is 4.52. The predicted molar refractivity (Wildman–Crippen MR) is 34.1 cm³/mol. The van der Waals surface area contributed by atoms with E-state index in [9.17, 15) is 0 Å². The summed E-state index contributed by atoms with van der Waals surface area (Å²) >= 11 is 0. The Morgan fingerprint density at radius 2 is 2.00 bits per heavy atom.